The van der Waals surface area contributed by atoms with Gasteiger partial charge < -0.3 is 8.92 Å². The number of ether oxygens (including phenoxy) is 1. The highest BCUT2D eigenvalue weighted by atomic mass is 32.2. The zero-order valence-corrected chi connectivity index (χ0v) is 11.0. The second-order valence-electron chi connectivity index (χ2n) is 3.49. The van der Waals surface area contributed by atoms with E-state index in [0.717, 1.165) is 12.1 Å². The molecule has 0 saturated heterocycles. The van der Waals surface area contributed by atoms with Crippen molar-refractivity contribution in [2.75, 3.05) is 6.61 Å². The maximum absolute atomic E-state index is 12.2. The van der Waals surface area contributed by atoms with Crippen molar-refractivity contribution in [1.82, 2.24) is 0 Å². The summed E-state index contributed by atoms with van der Waals surface area (Å²) in [4.78, 5) is 0. The summed E-state index contributed by atoms with van der Waals surface area (Å²) < 4.78 is 67.5. The van der Waals surface area contributed by atoms with E-state index in [1.165, 1.54) is 18.2 Å². The molecule has 1 aromatic rings. The summed E-state index contributed by atoms with van der Waals surface area (Å²) in [5, 5.41) is 0. The van der Waals surface area contributed by atoms with Gasteiger partial charge in [-0.25, -0.2) is 0 Å². The van der Waals surface area contributed by atoms with Crippen molar-refractivity contribution in [3.63, 3.8) is 0 Å². The third kappa shape index (κ3) is 3.77. The first kappa shape index (κ1) is 16.1. The van der Waals surface area contributed by atoms with E-state index >= 15 is 0 Å². The average molecular weight is 308 g/mol. The molecule has 4 nitrogen and oxygen atoms in total. The van der Waals surface area contributed by atoms with Gasteiger partial charge in [-0.05, 0) is 12.1 Å². The van der Waals surface area contributed by atoms with Gasteiger partial charge in [0.2, 0.25) is 0 Å². The minimum atomic E-state index is -5.71. The Balaban J connectivity index is 3.09. The lowest BCUT2D eigenvalue weighted by molar-refractivity contribution is -0.0500. The fourth-order valence-corrected chi connectivity index (χ4v) is 1.63. The average Bonchev–Trinajstić information content (AvgIpc) is 2.34. The van der Waals surface area contributed by atoms with Crippen LogP contribution in [-0.2, 0) is 10.1 Å². The van der Waals surface area contributed by atoms with E-state index in [0.29, 0.717) is 5.56 Å². The molecule has 0 N–H and O–H groups in total. The van der Waals surface area contributed by atoms with Crippen molar-refractivity contribution in [1.29, 1.82) is 0 Å². The molecule has 110 valence electrons. The molecule has 0 bridgehead atoms. The third-order valence-corrected chi connectivity index (χ3v) is 3.03. The largest absolute Gasteiger partial charge is 0.534 e. The maximum Gasteiger partial charge on any atom is 0.534 e. The molecule has 0 aliphatic heterocycles. The molecular weight excluding hydrogens is 297 g/mol. The van der Waals surface area contributed by atoms with E-state index in [2.05, 4.69) is 17.3 Å². The smallest absolute Gasteiger partial charge is 0.489 e. The summed E-state index contributed by atoms with van der Waals surface area (Å²) in [6, 6.07) is 3.43. The highest BCUT2D eigenvalue weighted by Crippen LogP contribution is 2.30. The van der Waals surface area contributed by atoms with Gasteiger partial charge in [0, 0.05) is 11.6 Å². The Morgan fingerprint density at radius 1 is 1.25 bits per heavy atom. The summed E-state index contributed by atoms with van der Waals surface area (Å²) in [6.45, 7) is 7.01. The van der Waals surface area contributed by atoms with Crippen molar-refractivity contribution in [2.24, 2.45) is 0 Å². The van der Waals surface area contributed by atoms with Crippen LogP contribution in [0, 0.1) is 0 Å². The van der Waals surface area contributed by atoms with Crippen LogP contribution < -0.4 is 8.92 Å². The zero-order chi connectivity index (χ0) is 15.4. The van der Waals surface area contributed by atoms with Crippen LogP contribution in [0.15, 0.2) is 37.4 Å². The first-order chi connectivity index (χ1) is 9.21. The van der Waals surface area contributed by atoms with Crippen LogP contribution in [0.25, 0.3) is 6.08 Å². The molecular formula is C12H11F3O4S. The fraction of sp³-hybridized carbons (Fsp3) is 0.167. The van der Waals surface area contributed by atoms with Crippen LogP contribution in [0.1, 0.15) is 5.56 Å². The van der Waals surface area contributed by atoms with Gasteiger partial charge in [-0.15, -0.1) is 0 Å². The molecule has 0 atom stereocenters. The molecule has 0 aromatic heterocycles. The van der Waals surface area contributed by atoms with Crippen LogP contribution in [0.2, 0.25) is 0 Å². The highest BCUT2D eigenvalue weighted by Gasteiger charge is 2.48. The first-order valence-corrected chi connectivity index (χ1v) is 6.63. The van der Waals surface area contributed by atoms with Gasteiger partial charge in [-0.1, -0.05) is 25.3 Å². The predicted molar refractivity (Wildman–Crippen MR) is 67.8 cm³/mol. The lowest BCUT2D eigenvalue weighted by Gasteiger charge is -2.12. The van der Waals surface area contributed by atoms with Gasteiger partial charge in [0.1, 0.15) is 18.1 Å². The lowest BCUT2D eigenvalue weighted by atomic mass is 10.2. The molecule has 8 heteroatoms. The van der Waals surface area contributed by atoms with Crippen LogP contribution in [0.3, 0.4) is 0 Å². The zero-order valence-electron chi connectivity index (χ0n) is 10.2. The molecule has 20 heavy (non-hydrogen) atoms. The molecule has 0 unspecified atom stereocenters. The fourth-order valence-electron chi connectivity index (χ4n) is 1.18. The topological polar surface area (TPSA) is 52.6 Å². The van der Waals surface area contributed by atoms with E-state index in [-0.39, 0.29) is 12.4 Å². The van der Waals surface area contributed by atoms with Gasteiger partial charge >= 0.3 is 15.6 Å². The van der Waals surface area contributed by atoms with Crippen molar-refractivity contribution < 1.29 is 30.5 Å². The summed E-state index contributed by atoms with van der Waals surface area (Å²) in [7, 11) is -5.71. The second-order valence-corrected chi connectivity index (χ2v) is 5.02. The molecule has 0 fully saturated rings. The van der Waals surface area contributed by atoms with Crippen molar-refractivity contribution in [2.45, 2.75) is 5.51 Å². The quantitative estimate of drug-likeness (QED) is 0.460. The van der Waals surface area contributed by atoms with Crippen LogP contribution >= 0.6 is 0 Å². The summed E-state index contributed by atoms with van der Waals surface area (Å²) >= 11 is 0. The summed E-state index contributed by atoms with van der Waals surface area (Å²) in [6.07, 6.45) is 2.83. The standard InChI is InChI=1S/C12H11F3O4S/c1-3-7-18-11-8-10(6-5-9(11)4-2)19-20(16,17)12(13,14)15/h3-6,8H,1-2,7H2. The van der Waals surface area contributed by atoms with E-state index in [1.807, 2.05) is 0 Å². The van der Waals surface area contributed by atoms with E-state index in [4.69, 9.17) is 4.74 Å². The first-order valence-electron chi connectivity index (χ1n) is 5.22. The third-order valence-electron chi connectivity index (χ3n) is 2.05. The van der Waals surface area contributed by atoms with Crippen molar-refractivity contribution in [3.05, 3.63) is 43.0 Å². The molecule has 1 rings (SSSR count). The van der Waals surface area contributed by atoms with Crippen molar-refractivity contribution in [3.8, 4) is 11.5 Å². The molecule has 1 aromatic carbocycles. The maximum atomic E-state index is 12.2. The molecule has 0 spiro atoms. The Hall–Kier alpha value is -1.96. The molecule has 0 amide bonds. The number of rotatable bonds is 6. The normalized spacial score (nSPS) is 11.8. The highest BCUT2D eigenvalue weighted by molar-refractivity contribution is 7.88. The number of hydrogen-bond acceptors (Lipinski definition) is 4. The Morgan fingerprint density at radius 2 is 1.90 bits per heavy atom. The Kier molecular flexibility index (Phi) is 4.83. The van der Waals surface area contributed by atoms with Gasteiger partial charge in [-0.2, -0.15) is 21.6 Å². The van der Waals surface area contributed by atoms with Gasteiger partial charge in [0.05, 0.1) is 0 Å². The Labute approximate surface area is 114 Å². The van der Waals surface area contributed by atoms with Crippen LogP contribution in [-0.4, -0.2) is 20.5 Å². The monoisotopic (exact) mass is 308 g/mol. The van der Waals surface area contributed by atoms with Gasteiger partial charge in [0.25, 0.3) is 0 Å². The number of benzene rings is 1. The number of hydrogen-bond donors (Lipinski definition) is 0. The summed E-state index contributed by atoms with van der Waals surface area (Å²) in [5.74, 6) is -0.373. The molecule has 0 aliphatic rings. The van der Waals surface area contributed by atoms with E-state index in [9.17, 15) is 21.6 Å². The Morgan fingerprint density at radius 3 is 2.40 bits per heavy atom. The second kappa shape index (κ2) is 6.00. The minimum absolute atomic E-state index is 0.0936. The number of halogens is 3. The SMILES string of the molecule is C=CCOc1cc(OS(=O)(=O)C(F)(F)F)ccc1C=C. The van der Waals surface area contributed by atoms with Gasteiger partial charge in [0.15, 0.2) is 0 Å². The number of alkyl halides is 3. The Bertz CT molecular complexity index is 606. The molecule has 0 radical (unpaired) electrons. The predicted octanol–water partition coefficient (Wildman–Crippen LogP) is 3.12. The lowest BCUT2D eigenvalue weighted by Crippen LogP contribution is -2.28. The van der Waals surface area contributed by atoms with E-state index in [1.54, 1.807) is 0 Å². The minimum Gasteiger partial charge on any atom is -0.489 e. The van der Waals surface area contributed by atoms with Crippen LogP contribution in [0.5, 0.6) is 11.5 Å². The molecule has 0 heterocycles. The van der Waals surface area contributed by atoms with Crippen LogP contribution in [0.4, 0.5) is 13.2 Å². The van der Waals surface area contributed by atoms with Crippen molar-refractivity contribution >= 4 is 16.2 Å². The molecule has 0 aliphatic carbocycles. The summed E-state index contributed by atoms with van der Waals surface area (Å²) in [5.41, 5.74) is -5.02. The molecule has 0 saturated carbocycles. The van der Waals surface area contributed by atoms with E-state index < -0.39 is 21.4 Å². The van der Waals surface area contributed by atoms with Gasteiger partial charge in [-0.3, -0.25) is 0 Å².